The lowest BCUT2D eigenvalue weighted by Crippen LogP contribution is -1.99. The number of aromatic nitrogens is 3. The molecule has 1 aromatic heterocycles. The van der Waals surface area contributed by atoms with E-state index in [0.29, 0.717) is 12.5 Å². The van der Waals surface area contributed by atoms with E-state index in [-0.39, 0.29) is 0 Å². The Morgan fingerprint density at radius 1 is 1.00 bits per heavy atom. The molecule has 0 radical (unpaired) electrons. The van der Waals surface area contributed by atoms with Crippen LogP contribution < -0.4 is 9.47 Å². The molecule has 0 saturated carbocycles. The molecule has 3 rings (SSSR count). The summed E-state index contributed by atoms with van der Waals surface area (Å²) in [6, 6.07) is 14.2. The monoisotopic (exact) mass is 337 g/mol. The molecule has 0 unspecified atom stereocenters. The molecule has 130 valence electrons. The minimum absolute atomic E-state index is 0.332. The molecule has 25 heavy (non-hydrogen) atoms. The Morgan fingerprint density at radius 2 is 1.72 bits per heavy atom. The van der Waals surface area contributed by atoms with E-state index in [1.54, 1.807) is 14.2 Å². The number of benzene rings is 2. The van der Waals surface area contributed by atoms with Crippen LogP contribution in [0.1, 0.15) is 30.9 Å². The van der Waals surface area contributed by atoms with Gasteiger partial charge in [-0.25, -0.2) is 4.68 Å². The van der Waals surface area contributed by atoms with Gasteiger partial charge in [-0.05, 0) is 23.1 Å². The second-order valence-electron chi connectivity index (χ2n) is 6.24. The van der Waals surface area contributed by atoms with Crippen LogP contribution >= 0.6 is 0 Å². The first-order valence-electron chi connectivity index (χ1n) is 8.32. The Morgan fingerprint density at radius 3 is 2.36 bits per heavy atom. The lowest BCUT2D eigenvalue weighted by Gasteiger charge is -2.16. The van der Waals surface area contributed by atoms with Crippen LogP contribution in [0.25, 0.3) is 11.3 Å². The van der Waals surface area contributed by atoms with Gasteiger partial charge in [0.05, 0.1) is 27.0 Å². The quantitative estimate of drug-likeness (QED) is 0.678. The Balaban J connectivity index is 1.97. The molecular formula is C20H23N3O2. The second kappa shape index (κ2) is 7.38. The molecule has 0 spiro atoms. The van der Waals surface area contributed by atoms with E-state index in [9.17, 15) is 0 Å². The first-order chi connectivity index (χ1) is 12.1. The molecule has 0 aliphatic rings. The van der Waals surface area contributed by atoms with E-state index >= 15 is 0 Å². The third-order valence-electron chi connectivity index (χ3n) is 4.18. The minimum atomic E-state index is 0.332. The number of nitrogens with zero attached hydrogens (tertiary/aromatic N) is 3. The van der Waals surface area contributed by atoms with Crippen LogP contribution in [0, 0.1) is 0 Å². The van der Waals surface area contributed by atoms with Crippen molar-refractivity contribution in [2.24, 2.45) is 0 Å². The zero-order valence-corrected chi connectivity index (χ0v) is 15.1. The summed E-state index contributed by atoms with van der Waals surface area (Å²) in [6.45, 7) is 4.96. The van der Waals surface area contributed by atoms with Crippen LogP contribution in [0.5, 0.6) is 11.5 Å². The highest BCUT2D eigenvalue weighted by Crippen LogP contribution is 2.38. The maximum Gasteiger partial charge on any atom is 0.132 e. The SMILES string of the molecule is COc1cc(OC)c(C(C)C)cc1-c1cn(Cc2ccccc2)nn1. The van der Waals surface area contributed by atoms with E-state index in [0.717, 1.165) is 28.3 Å². The van der Waals surface area contributed by atoms with Gasteiger partial charge in [0.25, 0.3) is 0 Å². The predicted octanol–water partition coefficient (Wildman–Crippen LogP) is 4.13. The topological polar surface area (TPSA) is 49.2 Å². The largest absolute Gasteiger partial charge is 0.496 e. The molecule has 0 atom stereocenters. The van der Waals surface area contributed by atoms with E-state index in [4.69, 9.17) is 9.47 Å². The van der Waals surface area contributed by atoms with Crippen LogP contribution in [0.15, 0.2) is 48.7 Å². The van der Waals surface area contributed by atoms with E-state index in [2.05, 4.69) is 42.4 Å². The third-order valence-corrected chi connectivity index (χ3v) is 4.18. The summed E-state index contributed by atoms with van der Waals surface area (Å²) in [5.41, 5.74) is 4.02. The average Bonchev–Trinajstić information content (AvgIpc) is 3.09. The molecule has 0 saturated heterocycles. The first-order valence-corrected chi connectivity index (χ1v) is 8.32. The Labute approximate surface area is 148 Å². The van der Waals surface area contributed by atoms with Crippen molar-refractivity contribution in [1.29, 1.82) is 0 Å². The predicted molar refractivity (Wildman–Crippen MR) is 98.2 cm³/mol. The van der Waals surface area contributed by atoms with Crippen molar-refractivity contribution >= 4 is 0 Å². The number of ether oxygens (including phenoxy) is 2. The molecule has 1 heterocycles. The fourth-order valence-corrected chi connectivity index (χ4v) is 2.84. The fraction of sp³-hybridized carbons (Fsp3) is 0.300. The molecule has 0 N–H and O–H groups in total. The third kappa shape index (κ3) is 3.65. The zero-order chi connectivity index (χ0) is 17.8. The molecule has 3 aromatic rings. The van der Waals surface area contributed by atoms with Crippen LogP contribution in [-0.2, 0) is 6.54 Å². The van der Waals surface area contributed by atoms with Crippen LogP contribution in [0.4, 0.5) is 0 Å². The summed E-state index contributed by atoms with van der Waals surface area (Å²) < 4.78 is 12.9. The maximum absolute atomic E-state index is 5.55. The molecule has 5 nitrogen and oxygen atoms in total. The highest BCUT2D eigenvalue weighted by Gasteiger charge is 2.17. The van der Waals surface area contributed by atoms with Crippen molar-refractivity contribution in [2.75, 3.05) is 14.2 Å². The fourth-order valence-electron chi connectivity index (χ4n) is 2.84. The summed E-state index contributed by atoms with van der Waals surface area (Å²) in [5.74, 6) is 1.89. The van der Waals surface area contributed by atoms with Gasteiger partial charge in [0.15, 0.2) is 0 Å². The van der Waals surface area contributed by atoms with Gasteiger partial charge in [0, 0.05) is 11.6 Å². The summed E-state index contributed by atoms with van der Waals surface area (Å²) in [6.07, 6.45) is 1.95. The van der Waals surface area contributed by atoms with Crippen LogP contribution in [-0.4, -0.2) is 29.2 Å². The Hall–Kier alpha value is -2.82. The molecule has 2 aromatic carbocycles. The van der Waals surface area contributed by atoms with E-state index in [1.807, 2.05) is 35.1 Å². The van der Waals surface area contributed by atoms with Gasteiger partial charge in [-0.3, -0.25) is 0 Å². The molecular weight excluding hydrogens is 314 g/mol. The highest BCUT2D eigenvalue weighted by atomic mass is 16.5. The average molecular weight is 337 g/mol. The summed E-state index contributed by atoms with van der Waals surface area (Å²) in [7, 11) is 3.33. The summed E-state index contributed by atoms with van der Waals surface area (Å²) >= 11 is 0. The second-order valence-corrected chi connectivity index (χ2v) is 6.24. The molecule has 0 amide bonds. The van der Waals surface area contributed by atoms with Gasteiger partial charge in [-0.2, -0.15) is 0 Å². The number of rotatable bonds is 6. The minimum Gasteiger partial charge on any atom is -0.496 e. The van der Waals surface area contributed by atoms with Crippen molar-refractivity contribution in [3.63, 3.8) is 0 Å². The molecule has 5 heteroatoms. The zero-order valence-electron chi connectivity index (χ0n) is 15.1. The number of hydrogen-bond donors (Lipinski definition) is 0. The molecule has 0 aliphatic carbocycles. The number of hydrogen-bond acceptors (Lipinski definition) is 4. The lowest BCUT2D eigenvalue weighted by molar-refractivity contribution is 0.390. The van der Waals surface area contributed by atoms with Gasteiger partial charge < -0.3 is 9.47 Å². The van der Waals surface area contributed by atoms with Crippen molar-refractivity contribution < 1.29 is 9.47 Å². The van der Waals surface area contributed by atoms with Crippen molar-refractivity contribution in [3.05, 3.63) is 59.8 Å². The van der Waals surface area contributed by atoms with Gasteiger partial charge in [-0.1, -0.05) is 49.4 Å². The van der Waals surface area contributed by atoms with E-state index in [1.165, 1.54) is 5.56 Å². The first kappa shape index (κ1) is 17.0. The molecule has 0 aliphatic heterocycles. The lowest BCUT2D eigenvalue weighted by atomic mass is 9.97. The molecule has 0 fully saturated rings. The van der Waals surface area contributed by atoms with Gasteiger partial charge in [-0.15, -0.1) is 5.10 Å². The summed E-state index contributed by atoms with van der Waals surface area (Å²) in [4.78, 5) is 0. The van der Waals surface area contributed by atoms with Crippen LogP contribution in [0.3, 0.4) is 0 Å². The van der Waals surface area contributed by atoms with Crippen molar-refractivity contribution in [1.82, 2.24) is 15.0 Å². The number of methoxy groups -OCH3 is 2. The van der Waals surface area contributed by atoms with Gasteiger partial charge in [0.1, 0.15) is 17.2 Å². The Kier molecular flexibility index (Phi) is 5.03. The van der Waals surface area contributed by atoms with Crippen LogP contribution in [0.2, 0.25) is 0 Å². The maximum atomic E-state index is 5.55. The standard InChI is InChI=1S/C20H23N3O2/c1-14(2)16-10-17(20(25-4)11-19(16)24-3)18-13-23(22-21-18)12-15-8-6-5-7-9-15/h5-11,13-14H,12H2,1-4H3. The summed E-state index contributed by atoms with van der Waals surface area (Å²) in [5, 5.41) is 8.60. The van der Waals surface area contributed by atoms with E-state index < -0.39 is 0 Å². The van der Waals surface area contributed by atoms with Gasteiger partial charge >= 0.3 is 0 Å². The smallest absolute Gasteiger partial charge is 0.132 e. The Bertz CT molecular complexity index is 841. The van der Waals surface area contributed by atoms with Crippen molar-refractivity contribution in [2.45, 2.75) is 26.3 Å². The van der Waals surface area contributed by atoms with Crippen molar-refractivity contribution in [3.8, 4) is 22.8 Å². The van der Waals surface area contributed by atoms with Gasteiger partial charge in [0.2, 0.25) is 0 Å². The normalized spacial score (nSPS) is 10.9. The highest BCUT2D eigenvalue weighted by molar-refractivity contribution is 5.70. The molecule has 0 bridgehead atoms.